The Balaban J connectivity index is 2.26. The predicted octanol–water partition coefficient (Wildman–Crippen LogP) is 4.91. The van der Waals surface area contributed by atoms with E-state index >= 15 is 0 Å². The average molecular weight is 387 g/mol. The van der Waals surface area contributed by atoms with Gasteiger partial charge in [0.15, 0.2) is 0 Å². The van der Waals surface area contributed by atoms with Gasteiger partial charge in [-0.05, 0) is 58.7 Å². The molecule has 0 saturated carbocycles. The van der Waals surface area contributed by atoms with Crippen molar-refractivity contribution in [1.82, 2.24) is 0 Å². The second kappa shape index (κ2) is 5.84. The molecule has 0 saturated heterocycles. The Hall–Kier alpha value is -1.20. The van der Waals surface area contributed by atoms with Crippen LogP contribution in [0.5, 0.6) is 0 Å². The lowest BCUT2D eigenvalue weighted by molar-refractivity contribution is 0.102. The summed E-state index contributed by atoms with van der Waals surface area (Å²) in [6.45, 7) is 1.90. The number of nitrogens with one attached hydrogen (secondary N) is 1. The highest BCUT2D eigenvalue weighted by atomic mass is 79.9. The van der Waals surface area contributed by atoms with Gasteiger partial charge in [-0.1, -0.05) is 22.0 Å². The van der Waals surface area contributed by atoms with Crippen molar-refractivity contribution in [3.8, 4) is 0 Å². The molecule has 1 N–H and O–H groups in total. The Labute approximate surface area is 127 Å². The molecule has 1 amide bonds. The maximum absolute atomic E-state index is 13.1. The van der Waals surface area contributed by atoms with Crippen LogP contribution in [0.15, 0.2) is 45.3 Å². The summed E-state index contributed by atoms with van der Waals surface area (Å²) in [5.41, 5.74) is 2.06. The minimum Gasteiger partial charge on any atom is -0.322 e. The van der Waals surface area contributed by atoms with Crippen LogP contribution in [0.25, 0.3) is 0 Å². The summed E-state index contributed by atoms with van der Waals surface area (Å²) in [5.74, 6) is -0.669. The molecule has 0 aromatic heterocycles. The van der Waals surface area contributed by atoms with Gasteiger partial charge >= 0.3 is 0 Å². The summed E-state index contributed by atoms with van der Waals surface area (Å²) in [5, 5.41) is 2.80. The first-order valence-corrected chi connectivity index (χ1v) is 7.09. The quantitative estimate of drug-likeness (QED) is 0.780. The molecule has 0 atom stereocenters. The van der Waals surface area contributed by atoms with Crippen LogP contribution in [0.4, 0.5) is 10.1 Å². The van der Waals surface area contributed by atoms with E-state index in [1.54, 1.807) is 0 Å². The van der Waals surface area contributed by atoms with Gasteiger partial charge in [-0.2, -0.15) is 0 Å². The normalized spacial score (nSPS) is 10.3. The largest absolute Gasteiger partial charge is 0.322 e. The highest BCUT2D eigenvalue weighted by Crippen LogP contribution is 2.24. The number of hydrogen-bond donors (Lipinski definition) is 1. The molecular formula is C14H10Br2FNO. The molecule has 2 nitrogen and oxygen atoms in total. The van der Waals surface area contributed by atoms with Gasteiger partial charge in [0.1, 0.15) is 5.82 Å². The molecule has 0 unspecified atom stereocenters. The predicted molar refractivity (Wildman–Crippen MR) is 80.9 cm³/mol. The Bertz CT molecular complexity index is 643. The van der Waals surface area contributed by atoms with Gasteiger partial charge < -0.3 is 5.32 Å². The van der Waals surface area contributed by atoms with Gasteiger partial charge in [-0.15, -0.1) is 0 Å². The van der Waals surface area contributed by atoms with Crippen molar-refractivity contribution in [2.75, 3.05) is 5.32 Å². The van der Waals surface area contributed by atoms with E-state index < -0.39 is 5.82 Å². The van der Waals surface area contributed by atoms with E-state index in [1.807, 2.05) is 25.1 Å². The molecule has 0 heterocycles. The SMILES string of the molecule is Cc1c(Br)cccc1NC(=O)c1ccc(F)c(Br)c1. The van der Waals surface area contributed by atoms with E-state index in [9.17, 15) is 9.18 Å². The van der Waals surface area contributed by atoms with Crippen LogP contribution in [-0.2, 0) is 0 Å². The van der Waals surface area contributed by atoms with E-state index in [-0.39, 0.29) is 10.4 Å². The summed E-state index contributed by atoms with van der Waals surface area (Å²) in [7, 11) is 0. The minimum absolute atomic E-state index is 0.270. The van der Waals surface area contributed by atoms with Crippen LogP contribution in [-0.4, -0.2) is 5.91 Å². The molecule has 98 valence electrons. The molecule has 19 heavy (non-hydrogen) atoms. The summed E-state index contributed by atoms with van der Waals surface area (Å²) in [6.07, 6.45) is 0. The van der Waals surface area contributed by atoms with E-state index in [0.29, 0.717) is 5.56 Å². The zero-order valence-corrected chi connectivity index (χ0v) is 13.2. The van der Waals surface area contributed by atoms with E-state index in [2.05, 4.69) is 37.2 Å². The van der Waals surface area contributed by atoms with Gasteiger partial charge in [0.2, 0.25) is 0 Å². The van der Waals surface area contributed by atoms with Crippen LogP contribution < -0.4 is 5.32 Å². The van der Waals surface area contributed by atoms with Crippen LogP contribution in [0.2, 0.25) is 0 Å². The highest BCUT2D eigenvalue weighted by molar-refractivity contribution is 9.10. The number of rotatable bonds is 2. The Kier molecular flexibility index (Phi) is 4.37. The van der Waals surface area contributed by atoms with E-state index in [4.69, 9.17) is 0 Å². The molecule has 0 bridgehead atoms. The number of anilines is 1. The zero-order chi connectivity index (χ0) is 14.0. The van der Waals surface area contributed by atoms with Crippen molar-refractivity contribution in [1.29, 1.82) is 0 Å². The number of carbonyl (C=O) groups excluding carboxylic acids is 1. The molecule has 2 aromatic carbocycles. The van der Waals surface area contributed by atoms with Crippen LogP contribution in [0.3, 0.4) is 0 Å². The third-order valence-corrected chi connectivity index (χ3v) is 4.16. The fourth-order valence-electron chi connectivity index (χ4n) is 1.57. The van der Waals surface area contributed by atoms with Crippen molar-refractivity contribution in [3.05, 3.63) is 62.3 Å². The minimum atomic E-state index is -0.393. The lowest BCUT2D eigenvalue weighted by Gasteiger charge is -2.10. The molecule has 0 aliphatic carbocycles. The van der Waals surface area contributed by atoms with Crippen molar-refractivity contribution in [2.24, 2.45) is 0 Å². The van der Waals surface area contributed by atoms with Crippen molar-refractivity contribution in [3.63, 3.8) is 0 Å². The second-order valence-electron chi connectivity index (χ2n) is 4.00. The first-order valence-electron chi connectivity index (χ1n) is 5.50. The van der Waals surface area contributed by atoms with Gasteiger partial charge in [0.05, 0.1) is 4.47 Å². The summed E-state index contributed by atoms with van der Waals surface area (Å²) in [6, 6.07) is 9.72. The topological polar surface area (TPSA) is 29.1 Å². The third kappa shape index (κ3) is 3.22. The fraction of sp³-hybridized carbons (Fsp3) is 0.0714. The van der Waals surface area contributed by atoms with E-state index in [0.717, 1.165) is 15.7 Å². The molecule has 0 radical (unpaired) electrons. The molecule has 0 spiro atoms. The summed E-state index contributed by atoms with van der Waals surface area (Å²) < 4.78 is 14.3. The van der Waals surface area contributed by atoms with Crippen molar-refractivity contribution < 1.29 is 9.18 Å². The highest BCUT2D eigenvalue weighted by Gasteiger charge is 2.10. The number of benzene rings is 2. The number of carbonyl (C=O) groups is 1. The van der Waals surface area contributed by atoms with Crippen LogP contribution in [0.1, 0.15) is 15.9 Å². The molecular weight excluding hydrogens is 377 g/mol. The maximum atomic E-state index is 13.1. The maximum Gasteiger partial charge on any atom is 0.255 e. The van der Waals surface area contributed by atoms with Gasteiger partial charge in [-0.25, -0.2) is 4.39 Å². The number of amides is 1. The van der Waals surface area contributed by atoms with Crippen LogP contribution >= 0.6 is 31.9 Å². The first kappa shape index (κ1) is 14.2. The standard InChI is InChI=1S/C14H10Br2FNO/c1-8-10(15)3-2-4-13(8)18-14(19)9-5-6-12(17)11(16)7-9/h2-7H,1H3,(H,18,19). The zero-order valence-electron chi connectivity index (χ0n) is 10.0. The van der Waals surface area contributed by atoms with Crippen molar-refractivity contribution in [2.45, 2.75) is 6.92 Å². The lowest BCUT2D eigenvalue weighted by Crippen LogP contribution is -2.13. The average Bonchev–Trinajstić information content (AvgIpc) is 2.38. The molecule has 5 heteroatoms. The van der Waals surface area contributed by atoms with Gasteiger partial charge in [0.25, 0.3) is 5.91 Å². The number of hydrogen-bond acceptors (Lipinski definition) is 1. The third-order valence-electron chi connectivity index (χ3n) is 2.70. The molecule has 2 aromatic rings. The molecule has 0 fully saturated rings. The molecule has 0 aliphatic heterocycles. The lowest BCUT2D eigenvalue weighted by atomic mass is 10.1. The van der Waals surface area contributed by atoms with Crippen LogP contribution in [0, 0.1) is 12.7 Å². The Morgan fingerprint density at radius 2 is 1.89 bits per heavy atom. The fourth-order valence-corrected chi connectivity index (χ4v) is 2.32. The smallest absolute Gasteiger partial charge is 0.255 e. The number of halogens is 3. The Morgan fingerprint density at radius 3 is 2.58 bits per heavy atom. The van der Waals surface area contributed by atoms with Crippen molar-refractivity contribution >= 4 is 43.5 Å². The van der Waals surface area contributed by atoms with E-state index in [1.165, 1.54) is 18.2 Å². The Morgan fingerprint density at radius 1 is 1.16 bits per heavy atom. The molecule has 0 aliphatic rings. The monoisotopic (exact) mass is 385 g/mol. The first-order chi connectivity index (χ1) is 8.99. The second-order valence-corrected chi connectivity index (χ2v) is 5.70. The molecule has 2 rings (SSSR count). The summed E-state index contributed by atoms with van der Waals surface area (Å²) in [4.78, 5) is 12.1. The summed E-state index contributed by atoms with van der Waals surface area (Å²) >= 11 is 6.47. The van der Waals surface area contributed by atoms with Gasteiger partial charge in [0, 0.05) is 15.7 Å². The van der Waals surface area contributed by atoms with Gasteiger partial charge in [-0.3, -0.25) is 4.79 Å².